The van der Waals surface area contributed by atoms with Crippen LogP contribution in [0.4, 0.5) is 5.69 Å². The van der Waals surface area contributed by atoms with Crippen LogP contribution in [0.2, 0.25) is 5.02 Å². The fourth-order valence-electron chi connectivity index (χ4n) is 3.44. The molecule has 4 rings (SSSR count). The maximum Gasteiger partial charge on any atom is 0.271 e. The summed E-state index contributed by atoms with van der Waals surface area (Å²) in [5.41, 5.74) is 6.26. The van der Waals surface area contributed by atoms with Gasteiger partial charge in [-0.25, -0.2) is 5.43 Å². The van der Waals surface area contributed by atoms with E-state index in [2.05, 4.69) is 15.4 Å². The molecule has 29 heavy (non-hydrogen) atoms. The Balaban J connectivity index is 1.38. The molecular weight excluding hydrogens is 386 g/mol. The van der Waals surface area contributed by atoms with E-state index in [-0.39, 0.29) is 5.91 Å². The molecule has 1 saturated heterocycles. The van der Waals surface area contributed by atoms with Gasteiger partial charge in [-0.05, 0) is 73.9 Å². The maximum absolute atomic E-state index is 12.3. The average molecular weight is 408 g/mol. The largest absolute Gasteiger partial charge is 0.455 e. The van der Waals surface area contributed by atoms with Crippen LogP contribution in [-0.2, 0) is 0 Å². The highest BCUT2D eigenvalue weighted by atomic mass is 35.5. The summed E-state index contributed by atoms with van der Waals surface area (Å²) < 4.78 is 5.80. The van der Waals surface area contributed by atoms with E-state index in [1.54, 1.807) is 6.07 Å². The van der Waals surface area contributed by atoms with Crippen molar-refractivity contribution in [2.24, 2.45) is 5.10 Å². The normalized spacial score (nSPS) is 13.9. The van der Waals surface area contributed by atoms with E-state index in [1.165, 1.54) is 19.1 Å². The van der Waals surface area contributed by atoms with Crippen molar-refractivity contribution in [3.8, 4) is 11.3 Å². The van der Waals surface area contributed by atoms with Crippen molar-refractivity contribution in [3.05, 3.63) is 76.5 Å². The molecule has 1 aliphatic rings. The number of amides is 1. The molecule has 1 N–H and O–H groups in total. The molecule has 1 fully saturated rings. The number of anilines is 1. The Morgan fingerprint density at radius 3 is 2.62 bits per heavy atom. The molecule has 6 heteroatoms. The van der Waals surface area contributed by atoms with E-state index in [0.717, 1.165) is 29.9 Å². The lowest BCUT2D eigenvalue weighted by atomic mass is 10.1. The van der Waals surface area contributed by atoms with E-state index >= 15 is 0 Å². The number of hydrogen-bond acceptors (Lipinski definition) is 4. The van der Waals surface area contributed by atoms with Gasteiger partial charge in [-0.15, -0.1) is 0 Å². The Bertz CT molecular complexity index is 1030. The van der Waals surface area contributed by atoms with Crippen molar-refractivity contribution < 1.29 is 9.21 Å². The molecule has 2 heterocycles. The molecule has 1 aromatic heterocycles. The van der Waals surface area contributed by atoms with Crippen molar-refractivity contribution in [1.29, 1.82) is 0 Å². The summed E-state index contributed by atoms with van der Waals surface area (Å²) in [6.45, 7) is 4.16. The van der Waals surface area contributed by atoms with Crippen LogP contribution >= 0.6 is 11.6 Å². The first-order chi connectivity index (χ1) is 14.1. The molecule has 0 unspecified atom stereocenters. The maximum atomic E-state index is 12.3. The summed E-state index contributed by atoms with van der Waals surface area (Å²) in [5.74, 6) is 0.992. The minimum absolute atomic E-state index is 0.258. The number of aryl methyl sites for hydroxylation is 1. The molecule has 3 aromatic rings. The first-order valence-electron chi connectivity index (χ1n) is 9.65. The smallest absolute Gasteiger partial charge is 0.271 e. The second kappa shape index (κ2) is 8.53. The molecule has 148 valence electrons. The van der Waals surface area contributed by atoms with Crippen LogP contribution in [0.3, 0.4) is 0 Å². The summed E-state index contributed by atoms with van der Waals surface area (Å²) in [7, 11) is 0. The van der Waals surface area contributed by atoms with Gasteiger partial charge in [0.25, 0.3) is 5.91 Å². The Morgan fingerprint density at radius 1 is 1.10 bits per heavy atom. The number of benzene rings is 2. The number of carbonyl (C=O) groups is 1. The van der Waals surface area contributed by atoms with Gasteiger partial charge in [-0.3, -0.25) is 4.79 Å². The van der Waals surface area contributed by atoms with Crippen LogP contribution in [0, 0.1) is 6.92 Å². The standard InChI is InChI=1S/C23H22ClN3O2/c1-16-4-7-18(24)14-21(16)22-11-10-20(29-22)15-25-26-23(28)17-5-8-19(9-6-17)27-12-2-3-13-27/h4-11,14-15H,2-3,12-13H2,1H3,(H,26,28)/b25-15-. The number of furan rings is 1. The Labute approximate surface area is 175 Å². The summed E-state index contributed by atoms with van der Waals surface area (Å²) in [5, 5.41) is 4.66. The summed E-state index contributed by atoms with van der Waals surface area (Å²) in [4.78, 5) is 14.6. The lowest BCUT2D eigenvalue weighted by Gasteiger charge is -2.17. The molecule has 0 atom stereocenters. The van der Waals surface area contributed by atoms with Crippen LogP contribution in [0.25, 0.3) is 11.3 Å². The number of hydrogen-bond donors (Lipinski definition) is 1. The van der Waals surface area contributed by atoms with E-state index in [0.29, 0.717) is 22.1 Å². The summed E-state index contributed by atoms with van der Waals surface area (Å²) in [6.07, 6.45) is 3.94. The summed E-state index contributed by atoms with van der Waals surface area (Å²) in [6, 6.07) is 16.9. The van der Waals surface area contributed by atoms with E-state index in [4.69, 9.17) is 16.0 Å². The van der Waals surface area contributed by atoms with Crippen molar-refractivity contribution in [2.75, 3.05) is 18.0 Å². The molecule has 5 nitrogen and oxygen atoms in total. The molecular formula is C23H22ClN3O2. The minimum atomic E-state index is -0.258. The quantitative estimate of drug-likeness (QED) is 0.462. The molecule has 0 bridgehead atoms. The zero-order chi connectivity index (χ0) is 20.2. The van der Waals surface area contributed by atoms with Crippen LogP contribution in [-0.4, -0.2) is 25.2 Å². The SMILES string of the molecule is Cc1ccc(Cl)cc1-c1ccc(/C=N\NC(=O)c2ccc(N3CCCC3)cc2)o1. The van der Waals surface area contributed by atoms with Crippen molar-refractivity contribution in [3.63, 3.8) is 0 Å². The number of carbonyl (C=O) groups excluding carboxylic acids is 1. The third-order valence-electron chi connectivity index (χ3n) is 5.05. The zero-order valence-corrected chi connectivity index (χ0v) is 16.9. The van der Waals surface area contributed by atoms with Crippen molar-refractivity contribution >= 4 is 29.4 Å². The zero-order valence-electron chi connectivity index (χ0n) is 16.2. The average Bonchev–Trinajstić information content (AvgIpc) is 3.42. The van der Waals surface area contributed by atoms with Crippen LogP contribution in [0.15, 0.2) is 64.1 Å². The van der Waals surface area contributed by atoms with E-state index in [9.17, 15) is 4.79 Å². The molecule has 1 aliphatic heterocycles. The molecule has 2 aromatic carbocycles. The number of rotatable bonds is 5. The van der Waals surface area contributed by atoms with E-state index in [1.807, 2.05) is 55.5 Å². The lowest BCUT2D eigenvalue weighted by Crippen LogP contribution is -2.19. The van der Waals surface area contributed by atoms with Crippen LogP contribution in [0.1, 0.15) is 34.5 Å². The highest BCUT2D eigenvalue weighted by molar-refractivity contribution is 6.30. The molecule has 0 spiro atoms. The summed E-state index contributed by atoms with van der Waals surface area (Å²) >= 11 is 6.08. The van der Waals surface area contributed by atoms with Gasteiger partial charge in [0, 0.05) is 34.9 Å². The topological polar surface area (TPSA) is 57.8 Å². The van der Waals surface area contributed by atoms with Gasteiger partial charge in [0.05, 0.1) is 6.21 Å². The van der Waals surface area contributed by atoms with Gasteiger partial charge in [-0.1, -0.05) is 17.7 Å². The second-order valence-electron chi connectivity index (χ2n) is 7.10. The first-order valence-corrected chi connectivity index (χ1v) is 10.0. The highest BCUT2D eigenvalue weighted by Gasteiger charge is 2.13. The van der Waals surface area contributed by atoms with Gasteiger partial charge in [0.2, 0.25) is 0 Å². The van der Waals surface area contributed by atoms with Crippen LogP contribution < -0.4 is 10.3 Å². The molecule has 1 amide bonds. The Morgan fingerprint density at radius 2 is 1.86 bits per heavy atom. The third kappa shape index (κ3) is 4.51. The Hall–Kier alpha value is -3.05. The fraction of sp³-hybridized carbons (Fsp3) is 0.217. The number of hydrazone groups is 1. The number of nitrogens with one attached hydrogen (secondary N) is 1. The lowest BCUT2D eigenvalue weighted by molar-refractivity contribution is 0.0955. The van der Waals surface area contributed by atoms with Gasteiger partial charge in [0.1, 0.15) is 11.5 Å². The fourth-order valence-corrected chi connectivity index (χ4v) is 3.62. The monoisotopic (exact) mass is 407 g/mol. The van der Waals surface area contributed by atoms with Crippen molar-refractivity contribution in [2.45, 2.75) is 19.8 Å². The predicted molar refractivity (Wildman–Crippen MR) is 117 cm³/mol. The van der Waals surface area contributed by atoms with Gasteiger partial charge < -0.3 is 9.32 Å². The highest BCUT2D eigenvalue weighted by Crippen LogP contribution is 2.28. The van der Waals surface area contributed by atoms with Gasteiger partial charge >= 0.3 is 0 Å². The third-order valence-corrected chi connectivity index (χ3v) is 5.29. The molecule has 0 saturated carbocycles. The van der Waals surface area contributed by atoms with Gasteiger partial charge in [0.15, 0.2) is 0 Å². The minimum Gasteiger partial charge on any atom is -0.455 e. The molecule has 0 radical (unpaired) electrons. The van der Waals surface area contributed by atoms with Gasteiger partial charge in [-0.2, -0.15) is 5.10 Å². The first kappa shape index (κ1) is 19.3. The number of nitrogens with zero attached hydrogens (tertiary/aromatic N) is 2. The second-order valence-corrected chi connectivity index (χ2v) is 7.54. The van der Waals surface area contributed by atoms with Crippen LogP contribution in [0.5, 0.6) is 0 Å². The Kier molecular flexibility index (Phi) is 5.67. The predicted octanol–water partition coefficient (Wildman–Crippen LogP) is 5.27. The van der Waals surface area contributed by atoms with Crippen molar-refractivity contribution in [1.82, 2.24) is 5.43 Å². The number of halogens is 1. The molecule has 0 aliphatic carbocycles. The van der Waals surface area contributed by atoms with E-state index < -0.39 is 0 Å².